The van der Waals surface area contributed by atoms with Crippen molar-refractivity contribution in [2.45, 2.75) is 6.54 Å². The summed E-state index contributed by atoms with van der Waals surface area (Å²) in [6, 6.07) is 5.07. The molecule has 0 aromatic carbocycles. The van der Waals surface area contributed by atoms with Gasteiger partial charge in [0.25, 0.3) is 5.56 Å². The summed E-state index contributed by atoms with van der Waals surface area (Å²) in [6.07, 6.45) is 3.07. The van der Waals surface area contributed by atoms with Crippen LogP contribution in [0.15, 0.2) is 35.5 Å². The van der Waals surface area contributed by atoms with Gasteiger partial charge in [0.2, 0.25) is 5.88 Å². The van der Waals surface area contributed by atoms with Gasteiger partial charge in [0.05, 0.1) is 13.4 Å². The highest BCUT2D eigenvalue weighted by molar-refractivity contribution is 5.33. The molecule has 0 aliphatic rings. The molecule has 0 aliphatic heterocycles. The van der Waals surface area contributed by atoms with Crippen molar-refractivity contribution < 1.29 is 4.74 Å². The van der Waals surface area contributed by atoms with Crippen molar-refractivity contribution in [3.05, 3.63) is 46.6 Å². The Kier molecular flexibility index (Phi) is 3.34. The summed E-state index contributed by atoms with van der Waals surface area (Å²) in [5, 5.41) is 3.03. The Morgan fingerprint density at radius 3 is 2.94 bits per heavy atom. The Morgan fingerprint density at radius 1 is 1.41 bits per heavy atom. The first kappa shape index (κ1) is 11.1. The summed E-state index contributed by atoms with van der Waals surface area (Å²) in [5.41, 5.74) is 0.795. The fourth-order valence-electron chi connectivity index (χ4n) is 1.29. The van der Waals surface area contributed by atoms with Crippen LogP contribution in [0.1, 0.15) is 5.56 Å². The molecule has 2 aromatic heterocycles. The molecule has 0 unspecified atom stereocenters. The zero-order chi connectivity index (χ0) is 12.1. The molecule has 0 saturated heterocycles. The molecule has 0 spiro atoms. The Labute approximate surface area is 97.7 Å². The molecule has 0 aliphatic carbocycles. The summed E-state index contributed by atoms with van der Waals surface area (Å²) in [6.45, 7) is 0.549. The second-order valence-electron chi connectivity index (χ2n) is 3.36. The van der Waals surface area contributed by atoms with Gasteiger partial charge >= 0.3 is 0 Å². The third kappa shape index (κ3) is 3.04. The van der Waals surface area contributed by atoms with Crippen molar-refractivity contribution in [2.75, 3.05) is 12.4 Å². The SMILES string of the molecule is COc1ccc(CNc2cc(=O)[nH]cn2)cn1. The first-order valence-electron chi connectivity index (χ1n) is 5.05. The summed E-state index contributed by atoms with van der Waals surface area (Å²) >= 11 is 0. The monoisotopic (exact) mass is 232 g/mol. The van der Waals surface area contributed by atoms with Gasteiger partial charge in [0.1, 0.15) is 5.82 Å². The highest BCUT2D eigenvalue weighted by Crippen LogP contribution is 2.07. The minimum absolute atomic E-state index is 0.185. The molecule has 6 nitrogen and oxygen atoms in total. The zero-order valence-electron chi connectivity index (χ0n) is 9.30. The number of pyridine rings is 1. The maximum absolute atomic E-state index is 11.0. The molecular formula is C11H12N4O2. The largest absolute Gasteiger partial charge is 0.481 e. The van der Waals surface area contributed by atoms with E-state index >= 15 is 0 Å². The molecule has 0 bridgehead atoms. The van der Waals surface area contributed by atoms with Gasteiger partial charge in [0.15, 0.2) is 0 Å². The second kappa shape index (κ2) is 5.11. The summed E-state index contributed by atoms with van der Waals surface area (Å²) in [7, 11) is 1.57. The van der Waals surface area contributed by atoms with Crippen LogP contribution in [0.5, 0.6) is 5.88 Å². The van der Waals surface area contributed by atoms with Crippen molar-refractivity contribution in [3.63, 3.8) is 0 Å². The van der Waals surface area contributed by atoms with Crippen LogP contribution in [0, 0.1) is 0 Å². The van der Waals surface area contributed by atoms with Crippen LogP contribution in [0.3, 0.4) is 0 Å². The third-order valence-electron chi connectivity index (χ3n) is 2.16. The van der Waals surface area contributed by atoms with Crippen molar-refractivity contribution in [2.24, 2.45) is 0 Å². The van der Waals surface area contributed by atoms with E-state index in [2.05, 4.69) is 20.3 Å². The average molecular weight is 232 g/mol. The number of nitrogens with zero attached hydrogens (tertiary/aromatic N) is 2. The lowest BCUT2D eigenvalue weighted by Crippen LogP contribution is -2.09. The van der Waals surface area contributed by atoms with Crippen molar-refractivity contribution in [1.29, 1.82) is 0 Å². The van der Waals surface area contributed by atoms with Crippen LogP contribution >= 0.6 is 0 Å². The zero-order valence-corrected chi connectivity index (χ0v) is 9.30. The molecule has 2 N–H and O–H groups in total. The number of anilines is 1. The van der Waals surface area contributed by atoms with Crippen molar-refractivity contribution >= 4 is 5.82 Å². The van der Waals surface area contributed by atoms with E-state index in [0.717, 1.165) is 5.56 Å². The molecule has 2 heterocycles. The first-order chi connectivity index (χ1) is 8.28. The Balaban J connectivity index is 1.99. The van der Waals surface area contributed by atoms with Gasteiger partial charge in [0, 0.05) is 24.9 Å². The standard InChI is InChI=1S/C11H12N4O2/c1-17-11-3-2-8(6-13-11)5-12-9-4-10(16)15-7-14-9/h2-4,6-7H,5H2,1H3,(H2,12,14,15,16). The number of aromatic amines is 1. The van der Waals surface area contributed by atoms with Gasteiger partial charge < -0.3 is 15.0 Å². The van der Waals surface area contributed by atoms with Crippen LogP contribution in [0.25, 0.3) is 0 Å². The molecule has 6 heteroatoms. The molecule has 2 aromatic rings. The van der Waals surface area contributed by atoms with Gasteiger partial charge in [-0.2, -0.15) is 0 Å². The lowest BCUT2D eigenvalue weighted by atomic mass is 10.3. The second-order valence-corrected chi connectivity index (χ2v) is 3.36. The minimum Gasteiger partial charge on any atom is -0.481 e. The van der Waals surface area contributed by atoms with Crippen LogP contribution in [0.2, 0.25) is 0 Å². The molecule has 17 heavy (non-hydrogen) atoms. The van der Waals surface area contributed by atoms with Crippen LogP contribution in [-0.2, 0) is 6.54 Å². The maximum Gasteiger partial charge on any atom is 0.252 e. The van der Waals surface area contributed by atoms with E-state index in [1.54, 1.807) is 19.4 Å². The molecule has 0 saturated carbocycles. The number of rotatable bonds is 4. The molecule has 0 amide bonds. The number of methoxy groups -OCH3 is 1. The maximum atomic E-state index is 11.0. The van der Waals surface area contributed by atoms with Gasteiger partial charge in [-0.25, -0.2) is 9.97 Å². The number of ether oxygens (including phenoxy) is 1. The third-order valence-corrected chi connectivity index (χ3v) is 2.16. The van der Waals surface area contributed by atoms with Gasteiger partial charge in [-0.3, -0.25) is 4.79 Å². The number of hydrogen-bond acceptors (Lipinski definition) is 5. The molecular weight excluding hydrogens is 220 g/mol. The van der Waals surface area contributed by atoms with Gasteiger partial charge in [-0.05, 0) is 5.56 Å². The van der Waals surface area contributed by atoms with Gasteiger partial charge in [-0.1, -0.05) is 6.07 Å². The lowest BCUT2D eigenvalue weighted by Gasteiger charge is -2.05. The molecule has 0 fully saturated rings. The highest BCUT2D eigenvalue weighted by atomic mass is 16.5. The van der Waals surface area contributed by atoms with E-state index in [1.165, 1.54) is 12.4 Å². The van der Waals surface area contributed by atoms with E-state index in [0.29, 0.717) is 18.2 Å². The predicted octanol–water partition coefficient (Wildman–Crippen LogP) is 0.786. The molecule has 0 atom stereocenters. The van der Waals surface area contributed by atoms with Gasteiger partial charge in [-0.15, -0.1) is 0 Å². The lowest BCUT2D eigenvalue weighted by molar-refractivity contribution is 0.397. The number of hydrogen-bond donors (Lipinski definition) is 2. The average Bonchev–Trinajstić information content (AvgIpc) is 2.37. The van der Waals surface area contributed by atoms with Crippen molar-refractivity contribution in [1.82, 2.24) is 15.0 Å². The van der Waals surface area contributed by atoms with E-state index in [9.17, 15) is 4.79 Å². The predicted molar refractivity (Wildman–Crippen MR) is 63.0 cm³/mol. The van der Waals surface area contributed by atoms with E-state index in [-0.39, 0.29) is 5.56 Å². The number of H-pyrrole nitrogens is 1. The Morgan fingerprint density at radius 2 is 2.29 bits per heavy atom. The molecule has 2 rings (SSSR count). The topological polar surface area (TPSA) is 79.9 Å². The minimum atomic E-state index is -0.185. The number of aromatic nitrogens is 3. The van der Waals surface area contributed by atoms with Crippen molar-refractivity contribution in [3.8, 4) is 5.88 Å². The van der Waals surface area contributed by atoms with Crippen LogP contribution in [0.4, 0.5) is 5.82 Å². The fourth-order valence-corrected chi connectivity index (χ4v) is 1.29. The first-order valence-corrected chi connectivity index (χ1v) is 5.05. The normalized spacial score (nSPS) is 9.94. The highest BCUT2D eigenvalue weighted by Gasteiger charge is 1.97. The van der Waals surface area contributed by atoms with Crippen LogP contribution < -0.4 is 15.6 Å². The summed E-state index contributed by atoms with van der Waals surface area (Å²) in [4.78, 5) is 21.5. The molecule has 0 radical (unpaired) electrons. The quantitative estimate of drug-likeness (QED) is 0.814. The number of nitrogens with one attached hydrogen (secondary N) is 2. The smallest absolute Gasteiger partial charge is 0.252 e. The van der Waals surface area contributed by atoms with E-state index < -0.39 is 0 Å². The van der Waals surface area contributed by atoms with Crippen LogP contribution in [-0.4, -0.2) is 22.1 Å². The Bertz CT molecular complexity index is 536. The molecule has 88 valence electrons. The summed E-state index contributed by atoms with van der Waals surface area (Å²) < 4.78 is 4.96. The fraction of sp³-hybridized carbons (Fsp3) is 0.182. The Hall–Kier alpha value is -2.37. The van der Waals surface area contributed by atoms with E-state index in [4.69, 9.17) is 4.74 Å². The van der Waals surface area contributed by atoms with E-state index in [1.807, 2.05) is 6.07 Å². The summed E-state index contributed by atoms with van der Waals surface area (Å²) in [5.74, 6) is 1.10.